The molecule has 0 aromatic carbocycles. The Morgan fingerprint density at radius 2 is 1.42 bits per heavy atom. The second-order valence-corrected chi connectivity index (χ2v) is 5.64. The van der Waals surface area contributed by atoms with Gasteiger partial charge in [-0.05, 0) is 54.9 Å². The first-order valence-electron chi connectivity index (χ1n) is 7.25. The molecular formula is C16H33NO2. The molecule has 0 aliphatic heterocycles. The fourth-order valence-electron chi connectivity index (χ4n) is 2.11. The first-order chi connectivity index (χ1) is 8.64. The third-order valence-electron chi connectivity index (χ3n) is 2.57. The van der Waals surface area contributed by atoms with Crippen LogP contribution in [-0.2, 0) is 9.53 Å². The van der Waals surface area contributed by atoms with Crippen LogP contribution in [0.4, 0.5) is 0 Å². The molecule has 0 spiro atoms. The van der Waals surface area contributed by atoms with Gasteiger partial charge < -0.3 is 4.74 Å². The molecule has 0 saturated carbocycles. The molecule has 0 radical (unpaired) electrons. The number of esters is 1. The molecule has 0 unspecified atom stereocenters. The highest BCUT2D eigenvalue weighted by atomic mass is 16.5. The second kappa shape index (κ2) is 11.0. The van der Waals surface area contributed by atoms with Gasteiger partial charge >= 0.3 is 5.97 Å². The lowest BCUT2D eigenvalue weighted by atomic mass is 10.2. The Labute approximate surface area is 120 Å². The van der Waals surface area contributed by atoms with E-state index in [-0.39, 0.29) is 5.97 Å². The lowest BCUT2D eigenvalue weighted by molar-refractivity contribution is -0.138. The summed E-state index contributed by atoms with van der Waals surface area (Å²) in [6, 6.07) is 2.00. The van der Waals surface area contributed by atoms with Crippen molar-refractivity contribution in [2.24, 2.45) is 0 Å². The fourth-order valence-corrected chi connectivity index (χ4v) is 2.11. The van der Waals surface area contributed by atoms with Gasteiger partial charge in [-0.3, -0.25) is 4.90 Å². The Morgan fingerprint density at radius 3 is 1.58 bits per heavy atom. The zero-order valence-electron chi connectivity index (χ0n) is 14.1. The Balaban J connectivity index is 0. The van der Waals surface area contributed by atoms with Gasteiger partial charge in [0.25, 0.3) is 0 Å². The summed E-state index contributed by atoms with van der Waals surface area (Å²) in [5, 5.41) is 0. The lowest BCUT2D eigenvalue weighted by Gasteiger charge is -2.34. The Kier molecular flexibility index (Phi) is 11.9. The van der Waals surface area contributed by atoms with E-state index >= 15 is 0 Å². The largest absolute Gasteiger partial charge is 0.462 e. The quantitative estimate of drug-likeness (QED) is 0.539. The number of ether oxygens (including phenoxy) is 1. The standard InChI is InChI=1S/C9H21N.C7H12O2/c1-7(2)10(8(3)4)9(5)6;1-4-5-9-7(8)6(2)3/h7-9H,1-6H3;2,4-5H2,1,3H3. The van der Waals surface area contributed by atoms with E-state index < -0.39 is 0 Å². The monoisotopic (exact) mass is 271 g/mol. The molecule has 0 heterocycles. The number of hydrogen-bond acceptors (Lipinski definition) is 3. The Bertz CT molecular complexity index is 238. The van der Waals surface area contributed by atoms with Crippen LogP contribution in [0.5, 0.6) is 0 Å². The molecule has 0 bridgehead atoms. The molecule has 0 rings (SSSR count). The predicted octanol–water partition coefficient (Wildman–Crippen LogP) is 4.03. The van der Waals surface area contributed by atoms with Crippen LogP contribution in [-0.4, -0.2) is 35.6 Å². The van der Waals surface area contributed by atoms with Crippen LogP contribution in [0.1, 0.15) is 61.8 Å². The van der Waals surface area contributed by atoms with Gasteiger partial charge in [-0.25, -0.2) is 4.79 Å². The van der Waals surface area contributed by atoms with Crippen molar-refractivity contribution in [1.82, 2.24) is 4.90 Å². The van der Waals surface area contributed by atoms with Crippen LogP contribution in [0.3, 0.4) is 0 Å². The maximum absolute atomic E-state index is 10.6. The third kappa shape index (κ3) is 10.8. The molecule has 3 heteroatoms. The fraction of sp³-hybridized carbons (Fsp3) is 0.812. The molecule has 0 aliphatic rings. The van der Waals surface area contributed by atoms with Gasteiger partial charge in [0.05, 0.1) is 6.61 Å². The van der Waals surface area contributed by atoms with Crippen molar-refractivity contribution in [2.45, 2.75) is 79.9 Å². The lowest BCUT2D eigenvalue weighted by Crippen LogP contribution is -2.42. The number of carbonyl (C=O) groups is 1. The summed E-state index contributed by atoms with van der Waals surface area (Å²) in [5.41, 5.74) is 0.462. The number of nitrogens with zero attached hydrogens (tertiary/aromatic N) is 1. The average molecular weight is 271 g/mol. The zero-order valence-corrected chi connectivity index (χ0v) is 14.1. The first kappa shape index (κ1) is 20.5. The molecule has 0 aliphatic carbocycles. The van der Waals surface area contributed by atoms with Crippen molar-refractivity contribution in [1.29, 1.82) is 0 Å². The minimum atomic E-state index is -0.295. The van der Waals surface area contributed by atoms with E-state index in [1.54, 1.807) is 6.92 Å². The highest BCUT2D eigenvalue weighted by Gasteiger charge is 2.15. The van der Waals surface area contributed by atoms with Crippen molar-refractivity contribution in [3.63, 3.8) is 0 Å². The van der Waals surface area contributed by atoms with E-state index in [1.165, 1.54) is 0 Å². The minimum absolute atomic E-state index is 0.295. The molecule has 114 valence electrons. The van der Waals surface area contributed by atoms with Crippen molar-refractivity contribution in [3.05, 3.63) is 12.2 Å². The van der Waals surface area contributed by atoms with Crippen LogP contribution in [0, 0.1) is 0 Å². The van der Waals surface area contributed by atoms with E-state index in [0.29, 0.717) is 30.3 Å². The van der Waals surface area contributed by atoms with E-state index in [4.69, 9.17) is 4.74 Å². The maximum atomic E-state index is 10.6. The number of hydrogen-bond donors (Lipinski definition) is 0. The maximum Gasteiger partial charge on any atom is 0.333 e. The van der Waals surface area contributed by atoms with E-state index in [1.807, 2.05) is 6.92 Å². The topological polar surface area (TPSA) is 29.5 Å². The van der Waals surface area contributed by atoms with E-state index in [2.05, 4.69) is 53.0 Å². The minimum Gasteiger partial charge on any atom is -0.462 e. The molecule has 0 aromatic heterocycles. The Hall–Kier alpha value is -0.830. The molecule has 0 atom stereocenters. The van der Waals surface area contributed by atoms with Gasteiger partial charge in [-0.2, -0.15) is 0 Å². The Morgan fingerprint density at radius 1 is 1.05 bits per heavy atom. The van der Waals surface area contributed by atoms with E-state index in [9.17, 15) is 4.79 Å². The van der Waals surface area contributed by atoms with Crippen LogP contribution >= 0.6 is 0 Å². The third-order valence-corrected chi connectivity index (χ3v) is 2.57. The van der Waals surface area contributed by atoms with Gasteiger partial charge in [-0.15, -0.1) is 0 Å². The first-order valence-corrected chi connectivity index (χ1v) is 7.25. The number of carbonyl (C=O) groups excluding carboxylic acids is 1. The molecule has 0 aromatic rings. The van der Waals surface area contributed by atoms with Crippen LogP contribution in [0.2, 0.25) is 0 Å². The summed E-state index contributed by atoms with van der Waals surface area (Å²) in [7, 11) is 0. The van der Waals surface area contributed by atoms with Crippen LogP contribution < -0.4 is 0 Å². The summed E-state index contributed by atoms with van der Waals surface area (Å²) in [6.07, 6.45) is 0.860. The van der Waals surface area contributed by atoms with Crippen molar-refractivity contribution in [3.8, 4) is 0 Å². The smallest absolute Gasteiger partial charge is 0.333 e. The molecule has 3 nitrogen and oxygen atoms in total. The number of rotatable bonds is 6. The molecule has 0 fully saturated rings. The molecular weight excluding hydrogens is 238 g/mol. The van der Waals surface area contributed by atoms with Crippen LogP contribution in [0.25, 0.3) is 0 Å². The molecule has 19 heavy (non-hydrogen) atoms. The summed E-state index contributed by atoms with van der Waals surface area (Å²) in [5.74, 6) is -0.295. The van der Waals surface area contributed by atoms with Gasteiger partial charge in [0, 0.05) is 23.7 Å². The predicted molar refractivity (Wildman–Crippen MR) is 83.3 cm³/mol. The molecule has 0 saturated heterocycles. The van der Waals surface area contributed by atoms with Gasteiger partial charge in [-0.1, -0.05) is 13.5 Å². The summed E-state index contributed by atoms with van der Waals surface area (Å²) in [6.45, 7) is 21.0. The van der Waals surface area contributed by atoms with Crippen molar-refractivity contribution in [2.75, 3.05) is 6.61 Å². The van der Waals surface area contributed by atoms with Gasteiger partial charge in [0.1, 0.15) is 0 Å². The average Bonchev–Trinajstić information content (AvgIpc) is 2.24. The normalized spacial score (nSPS) is 10.7. The SMILES string of the molecule is C=C(C)C(=O)OCCC.CC(C)N(C(C)C)C(C)C. The summed E-state index contributed by atoms with van der Waals surface area (Å²) in [4.78, 5) is 13.1. The van der Waals surface area contributed by atoms with Gasteiger partial charge in [0.15, 0.2) is 0 Å². The van der Waals surface area contributed by atoms with E-state index in [0.717, 1.165) is 6.42 Å². The van der Waals surface area contributed by atoms with Crippen molar-refractivity contribution < 1.29 is 9.53 Å². The second-order valence-electron chi connectivity index (χ2n) is 5.64. The van der Waals surface area contributed by atoms with Crippen molar-refractivity contribution >= 4 is 5.97 Å². The summed E-state index contributed by atoms with van der Waals surface area (Å²) < 4.78 is 4.71. The van der Waals surface area contributed by atoms with Crippen LogP contribution in [0.15, 0.2) is 12.2 Å². The highest BCUT2D eigenvalue weighted by molar-refractivity contribution is 5.86. The summed E-state index contributed by atoms with van der Waals surface area (Å²) >= 11 is 0. The molecule has 0 amide bonds. The van der Waals surface area contributed by atoms with Gasteiger partial charge in [0.2, 0.25) is 0 Å². The zero-order chi connectivity index (χ0) is 15.6. The highest BCUT2D eigenvalue weighted by Crippen LogP contribution is 2.09. The molecule has 0 N–H and O–H groups in total.